The van der Waals surface area contributed by atoms with Crippen LogP contribution in [0, 0.1) is 11.8 Å². The number of rotatable bonds is 6. The van der Waals surface area contributed by atoms with Crippen LogP contribution >= 0.6 is 11.8 Å². The number of hydrogen-bond acceptors (Lipinski definition) is 3. The van der Waals surface area contributed by atoms with Gasteiger partial charge < -0.3 is 9.47 Å². The van der Waals surface area contributed by atoms with E-state index in [4.69, 9.17) is 9.47 Å². The van der Waals surface area contributed by atoms with Crippen LogP contribution in [0.5, 0.6) is 0 Å². The normalized spacial score (nSPS) is 33.0. The zero-order valence-corrected chi connectivity index (χ0v) is 14.4. The van der Waals surface area contributed by atoms with Gasteiger partial charge in [0.1, 0.15) is 5.44 Å². The fourth-order valence-electron chi connectivity index (χ4n) is 3.02. The van der Waals surface area contributed by atoms with E-state index in [2.05, 4.69) is 52.0 Å². The summed E-state index contributed by atoms with van der Waals surface area (Å²) in [5, 5.41) is 0. The molecule has 0 N–H and O–H groups in total. The molecule has 1 fully saturated rings. The molecule has 1 heterocycles. The van der Waals surface area contributed by atoms with Crippen LogP contribution in [0.4, 0.5) is 0 Å². The van der Waals surface area contributed by atoms with E-state index >= 15 is 0 Å². The van der Waals surface area contributed by atoms with Crippen molar-refractivity contribution in [1.82, 2.24) is 0 Å². The molecule has 0 aliphatic carbocycles. The predicted octanol–water partition coefficient (Wildman–Crippen LogP) is 4.73. The molecule has 0 aromatic heterocycles. The summed E-state index contributed by atoms with van der Waals surface area (Å²) in [6.07, 6.45) is 1.62. The zero-order chi connectivity index (χ0) is 15.2. The third-order valence-electron chi connectivity index (χ3n) is 4.53. The van der Waals surface area contributed by atoms with Gasteiger partial charge in [-0.05, 0) is 29.6 Å². The lowest BCUT2D eigenvalue weighted by atomic mass is 9.83. The minimum Gasteiger partial charge on any atom is -0.370 e. The Morgan fingerprint density at radius 1 is 1.10 bits per heavy atom. The highest BCUT2D eigenvalue weighted by Gasteiger charge is 2.41. The van der Waals surface area contributed by atoms with Gasteiger partial charge in [-0.1, -0.05) is 58.0 Å². The molecule has 1 saturated heterocycles. The first-order valence-corrected chi connectivity index (χ1v) is 9.14. The first-order valence-electron chi connectivity index (χ1n) is 8.09. The maximum absolute atomic E-state index is 6.30. The molecule has 2 nitrogen and oxygen atoms in total. The van der Waals surface area contributed by atoms with E-state index in [0.717, 1.165) is 12.2 Å². The molecule has 21 heavy (non-hydrogen) atoms. The summed E-state index contributed by atoms with van der Waals surface area (Å²) in [6, 6.07) is 10.4. The average molecular weight is 308 g/mol. The van der Waals surface area contributed by atoms with Gasteiger partial charge in [0, 0.05) is 0 Å². The van der Waals surface area contributed by atoms with Crippen molar-refractivity contribution in [3.63, 3.8) is 0 Å². The largest absolute Gasteiger partial charge is 0.370 e. The highest BCUT2D eigenvalue weighted by Crippen LogP contribution is 2.38. The fraction of sp³-hybridized carbons (Fsp3) is 0.667. The van der Waals surface area contributed by atoms with Crippen molar-refractivity contribution in [3.05, 3.63) is 35.9 Å². The fourth-order valence-corrected chi connectivity index (χ4v) is 4.09. The van der Waals surface area contributed by atoms with Crippen LogP contribution in [0.15, 0.2) is 30.3 Å². The molecule has 0 saturated carbocycles. The molecule has 1 aromatic carbocycles. The Bertz CT molecular complexity index is 409. The molecule has 2 rings (SSSR count). The molecule has 3 heteroatoms. The summed E-state index contributed by atoms with van der Waals surface area (Å²) >= 11 is 1.87. The van der Waals surface area contributed by atoms with E-state index in [9.17, 15) is 0 Å². The Morgan fingerprint density at radius 2 is 1.81 bits per heavy atom. The van der Waals surface area contributed by atoms with Crippen molar-refractivity contribution in [1.29, 1.82) is 0 Å². The lowest BCUT2D eigenvalue weighted by Crippen LogP contribution is -2.48. The number of hydrogen-bond donors (Lipinski definition) is 0. The Hall–Kier alpha value is -0.510. The van der Waals surface area contributed by atoms with E-state index in [1.54, 1.807) is 0 Å². The van der Waals surface area contributed by atoms with Crippen LogP contribution in [0.1, 0.15) is 39.7 Å². The molecule has 5 atom stereocenters. The second-order valence-electron chi connectivity index (χ2n) is 5.89. The summed E-state index contributed by atoms with van der Waals surface area (Å²) in [7, 11) is 0. The summed E-state index contributed by atoms with van der Waals surface area (Å²) in [6.45, 7) is 9.68. The monoisotopic (exact) mass is 308 g/mol. The molecule has 0 radical (unpaired) electrons. The van der Waals surface area contributed by atoms with Gasteiger partial charge in [-0.2, -0.15) is 0 Å². The molecular formula is C18H28O2S. The predicted molar refractivity (Wildman–Crippen MR) is 90.4 cm³/mol. The van der Waals surface area contributed by atoms with Gasteiger partial charge in [0.15, 0.2) is 0 Å². The molecule has 1 aromatic rings. The average Bonchev–Trinajstić information content (AvgIpc) is 2.51. The van der Waals surface area contributed by atoms with Crippen LogP contribution in [0.3, 0.4) is 0 Å². The highest BCUT2D eigenvalue weighted by molar-refractivity contribution is 7.99. The minimum atomic E-state index is 0.162. The molecule has 2 unspecified atom stereocenters. The van der Waals surface area contributed by atoms with Crippen LogP contribution in [-0.4, -0.2) is 23.4 Å². The first kappa shape index (κ1) is 16.9. The third kappa shape index (κ3) is 4.24. The maximum Gasteiger partial charge on any atom is 0.130 e. The van der Waals surface area contributed by atoms with Crippen LogP contribution in [0.2, 0.25) is 0 Å². The topological polar surface area (TPSA) is 18.5 Å². The van der Waals surface area contributed by atoms with Crippen molar-refractivity contribution in [2.24, 2.45) is 11.8 Å². The summed E-state index contributed by atoms with van der Waals surface area (Å²) < 4.78 is 12.6. The van der Waals surface area contributed by atoms with Crippen molar-refractivity contribution < 1.29 is 9.47 Å². The van der Waals surface area contributed by atoms with E-state index in [-0.39, 0.29) is 11.5 Å². The second-order valence-corrected chi connectivity index (χ2v) is 7.26. The highest BCUT2D eigenvalue weighted by atomic mass is 32.2. The Morgan fingerprint density at radius 3 is 2.43 bits per heavy atom. The van der Waals surface area contributed by atoms with Gasteiger partial charge in [-0.25, -0.2) is 0 Å². The van der Waals surface area contributed by atoms with E-state index in [0.29, 0.717) is 24.5 Å². The number of benzene rings is 1. The standard InChI is InChI=1S/C18H28O2S/c1-5-16-13(3)14(4)17(18(20-16)21-6-2)19-12-15-10-8-7-9-11-15/h7-11,13-14,16-18H,5-6,12H2,1-4H3/t13-,14-,16?,17?,18-/m0/s1. The maximum atomic E-state index is 6.30. The van der Waals surface area contributed by atoms with Gasteiger partial charge in [-0.3, -0.25) is 0 Å². The number of thioether (sulfide) groups is 1. The van der Waals surface area contributed by atoms with Crippen molar-refractivity contribution >= 4 is 11.8 Å². The molecule has 0 amide bonds. The van der Waals surface area contributed by atoms with Gasteiger partial charge >= 0.3 is 0 Å². The Kier molecular flexibility index (Phi) is 6.59. The van der Waals surface area contributed by atoms with Gasteiger partial charge in [0.2, 0.25) is 0 Å². The Labute approximate surface area is 133 Å². The second kappa shape index (κ2) is 8.21. The minimum absolute atomic E-state index is 0.162. The zero-order valence-electron chi connectivity index (χ0n) is 13.6. The van der Waals surface area contributed by atoms with Gasteiger partial charge in [0.05, 0.1) is 18.8 Å². The smallest absolute Gasteiger partial charge is 0.130 e. The molecule has 0 bridgehead atoms. The summed E-state index contributed by atoms with van der Waals surface area (Å²) in [5.41, 5.74) is 1.39. The molecule has 1 aliphatic heterocycles. The van der Waals surface area contributed by atoms with Crippen LogP contribution < -0.4 is 0 Å². The van der Waals surface area contributed by atoms with Crippen molar-refractivity contribution in [3.8, 4) is 0 Å². The lowest BCUT2D eigenvalue weighted by Gasteiger charge is -2.44. The number of ether oxygens (including phenoxy) is 2. The quantitative estimate of drug-likeness (QED) is 0.757. The summed E-state index contributed by atoms with van der Waals surface area (Å²) in [5.74, 6) is 2.13. The van der Waals surface area contributed by atoms with Gasteiger partial charge in [-0.15, -0.1) is 11.8 Å². The molecular weight excluding hydrogens is 280 g/mol. The van der Waals surface area contributed by atoms with E-state index in [1.165, 1.54) is 5.56 Å². The van der Waals surface area contributed by atoms with Gasteiger partial charge in [0.25, 0.3) is 0 Å². The van der Waals surface area contributed by atoms with Crippen molar-refractivity contribution in [2.75, 3.05) is 5.75 Å². The third-order valence-corrected chi connectivity index (χ3v) is 5.57. The molecule has 118 valence electrons. The first-order chi connectivity index (χ1) is 10.2. The SMILES string of the molecule is CCS[C@@H]1OC(CC)[C@@H](C)[C@H](C)C1OCc1ccccc1. The molecule has 0 spiro atoms. The molecule has 1 aliphatic rings. The van der Waals surface area contributed by atoms with E-state index < -0.39 is 0 Å². The lowest BCUT2D eigenvalue weighted by molar-refractivity contribution is -0.159. The Balaban J connectivity index is 2.03. The van der Waals surface area contributed by atoms with Crippen molar-refractivity contribution in [2.45, 2.75) is 58.4 Å². The summed E-state index contributed by atoms with van der Waals surface area (Å²) in [4.78, 5) is 0. The van der Waals surface area contributed by atoms with Crippen LogP contribution in [0.25, 0.3) is 0 Å². The van der Waals surface area contributed by atoms with Crippen LogP contribution in [-0.2, 0) is 16.1 Å². The van der Waals surface area contributed by atoms with E-state index in [1.807, 2.05) is 17.8 Å².